The molecule has 0 spiro atoms. The molecule has 144 valence electrons. The van der Waals surface area contributed by atoms with Gasteiger partial charge >= 0.3 is 5.97 Å². The lowest BCUT2D eigenvalue weighted by Gasteiger charge is -2.34. The highest BCUT2D eigenvalue weighted by molar-refractivity contribution is 7.89. The Morgan fingerprint density at radius 2 is 1.73 bits per heavy atom. The van der Waals surface area contributed by atoms with Gasteiger partial charge in [-0.3, -0.25) is 4.79 Å². The molecule has 1 aromatic rings. The van der Waals surface area contributed by atoms with E-state index in [1.165, 1.54) is 16.3 Å². The summed E-state index contributed by atoms with van der Waals surface area (Å²) in [5.41, 5.74) is 1.57. The summed E-state index contributed by atoms with van der Waals surface area (Å²) in [6, 6.07) is 5.32. The minimum absolute atomic E-state index is 0.202. The summed E-state index contributed by atoms with van der Waals surface area (Å²) in [7, 11) is -2.24. The molecule has 9 heteroatoms. The van der Waals surface area contributed by atoms with Crippen LogP contribution in [-0.4, -0.2) is 76.0 Å². The lowest BCUT2D eigenvalue weighted by Crippen LogP contribution is -2.51. The van der Waals surface area contributed by atoms with Crippen molar-refractivity contribution >= 4 is 21.9 Å². The van der Waals surface area contributed by atoms with Gasteiger partial charge in [0.05, 0.1) is 4.90 Å². The first kappa shape index (κ1) is 20.3. The van der Waals surface area contributed by atoms with Gasteiger partial charge in [0.1, 0.15) is 6.61 Å². The van der Waals surface area contributed by atoms with Gasteiger partial charge in [-0.25, -0.2) is 13.2 Å². The maximum atomic E-state index is 12.9. The molecule has 0 radical (unpaired) electrons. The Bertz CT molecular complexity index is 769. The van der Waals surface area contributed by atoms with Crippen LogP contribution in [0.3, 0.4) is 0 Å². The number of rotatable bonds is 6. The number of hydrogen-bond acceptors (Lipinski definition) is 6. The highest BCUT2D eigenvalue weighted by Crippen LogP contribution is 2.22. The zero-order valence-electron chi connectivity index (χ0n) is 15.2. The van der Waals surface area contributed by atoms with Gasteiger partial charge < -0.3 is 14.4 Å². The summed E-state index contributed by atoms with van der Waals surface area (Å²) in [4.78, 5) is 25.1. The van der Waals surface area contributed by atoms with Crippen LogP contribution in [0.5, 0.6) is 0 Å². The molecule has 0 aliphatic carbocycles. The van der Waals surface area contributed by atoms with Crippen molar-refractivity contribution in [1.29, 1.82) is 0 Å². The molecule has 1 fully saturated rings. The van der Waals surface area contributed by atoms with Gasteiger partial charge in [-0.05, 0) is 31.0 Å². The smallest absolute Gasteiger partial charge is 0.332 e. The Morgan fingerprint density at radius 3 is 2.35 bits per heavy atom. The highest BCUT2D eigenvalue weighted by atomic mass is 32.2. The van der Waals surface area contributed by atoms with Crippen molar-refractivity contribution in [1.82, 2.24) is 9.21 Å². The van der Waals surface area contributed by atoms with Gasteiger partial charge in [-0.1, -0.05) is 12.1 Å². The largest absolute Gasteiger partial charge is 0.454 e. The van der Waals surface area contributed by atoms with Gasteiger partial charge in [-0.15, -0.1) is 0 Å². The van der Waals surface area contributed by atoms with Gasteiger partial charge in [0.2, 0.25) is 10.0 Å². The van der Waals surface area contributed by atoms with Crippen LogP contribution in [0.15, 0.2) is 23.1 Å². The van der Waals surface area contributed by atoms with Crippen molar-refractivity contribution in [2.24, 2.45) is 0 Å². The van der Waals surface area contributed by atoms with E-state index in [2.05, 4.69) is 4.74 Å². The number of aryl methyl sites for hydroxylation is 2. The zero-order chi connectivity index (χ0) is 19.3. The molecule has 8 nitrogen and oxygen atoms in total. The molecule has 1 saturated heterocycles. The molecule has 1 aliphatic rings. The second-order valence-corrected chi connectivity index (χ2v) is 8.05. The van der Waals surface area contributed by atoms with Crippen molar-refractivity contribution in [3.8, 4) is 0 Å². The minimum atomic E-state index is -3.60. The molecule has 1 aromatic carbocycles. The van der Waals surface area contributed by atoms with Crippen LogP contribution in [0.1, 0.15) is 11.1 Å². The summed E-state index contributed by atoms with van der Waals surface area (Å²) in [6.45, 7) is 3.94. The molecule has 0 saturated carbocycles. The number of amides is 1. The van der Waals surface area contributed by atoms with Crippen LogP contribution < -0.4 is 0 Å². The van der Waals surface area contributed by atoms with E-state index in [4.69, 9.17) is 4.74 Å². The molecule has 1 aliphatic heterocycles. The summed E-state index contributed by atoms with van der Waals surface area (Å²) >= 11 is 0. The number of carbonyl (C=O) groups is 2. The number of sulfonamides is 1. The highest BCUT2D eigenvalue weighted by Gasteiger charge is 2.31. The van der Waals surface area contributed by atoms with E-state index >= 15 is 0 Å². The maximum Gasteiger partial charge on any atom is 0.332 e. The van der Waals surface area contributed by atoms with E-state index in [1.807, 2.05) is 13.0 Å². The molecule has 2 rings (SSSR count). The van der Waals surface area contributed by atoms with Crippen LogP contribution in [0.2, 0.25) is 0 Å². The van der Waals surface area contributed by atoms with Crippen LogP contribution >= 0.6 is 0 Å². The molecular formula is C17H24N2O6S. The van der Waals surface area contributed by atoms with E-state index in [9.17, 15) is 18.0 Å². The van der Waals surface area contributed by atoms with E-state index < -0.39 is 16.0 Å². The number of hydrogen-bond donors (Lipinski definition) is 0. The SMILES string of the molecule is COCC(=O)OCC(=O)N1CCN(S(=O)(=O)c2cc(C)ccc2C)CC1. The Kier molecular flexibility index (Phi) is 6.74. The number of benzene rings is 1. The first-order valence-corrected chi connectivity index (χ1v) is 9.69. The Balaban J connectivity index is 1.96. The number of methoxy groups -OCH3 is 1. The molecule has 0 N–H and O–H groups in total. The topological polar surface area (TPSA) is 93.2 Å². The zero-order valence-corrected chi connectivity index (χ0v) is 16.0. The third kappa shape index (κ3) is 4.80. The normalized spacial score (nSPS) is 15.7. The van der Waals surface area contributed by atoms with Crippen LogP contribution in [-0.2, 0) is 29.1 Å². The predicted molar refractivity (Wildman–Crippen MR) is 94.1 cm³/mol. The third-order valence-corrected chi connectivity index (χ3v) is 6.21. The van der Waals surface area contributed by atoms with Crippen LogP contribution in [0.25, 0.3) is 0 Å². The molecule has 0 atom stereocenters. The average molecular weight is 384 g/mol. The lowest BCUT2D eigenvalue weighted by molar-refractivity contribution is -0.155. The summed E-state index contributed by atoms with van der Waals surface area (Å²) in [6.07, 6.45) is 0. The van der Waals surface area contributed by atoms with E-state index in [0.717, 1.165) is 5.56 Å². The number of esters is 1. The van der Waals surface area contributed by atoms with Crippen molar-refractivity contribution in [2.75, 3.05) is 46.5 Å². The third-order valence-electron chi connectivity index (χ3n) is 4.17. The van der Waals surface area contributed by atoms with Gasteiger partial charge in [0.25, 0.3) is 5.91 Å². The van der Waals surface area contributed by atoms with Crippen LogP contribution in [0, 0.1) is 13.8 Å². The Labute approximate surface area is 153 Å². The van der Waals surface area contributed by atoms with E-state index in [1.54, 1.807) is 19.1 Å². The number of nitrogens with zero attached hydrogens (tertiary/aromatic N) is 2. The molecule has 0 bridgehead atoms. The molecular weight excluding hydrogens is 360 g/mol. The molecule has 0 unspecified atom stereocenters. The second-order valence-electron chi connectivity index (χ2n) is 6.15. The standard InChI is InChI=1S/C17H24N2O6S/c1-13-4-5-14(2)15(10-13)26(22,23)19-8-6-18(7-9-19)16(20)11-25-17(21)12-24-3/h4-5,10H,6-9,11-12H2,1-3H3. The van der Waals surface area contributed by atoms with E-state index in [-0.39, 0.29) is 45.3 Å². The molecule has 1 amide bonds. The summed E-state index contributed by atoms with van der Waals surface area (Å²) in [5.74, 6) is -0.963. The second kappa shape index (κ2) is 8.61. The summed E-state index contributed by atoms with van der Waals surface area (Å²) in [5, 5.41) is 0. The monoisotopic (exact) mass is 384 g/mol. The van der Waals surface area contributed by atoms with Crippen molar-refractivity contribution in [2.45, 2.75) is 18.7 Å². The molecule has 0 aromatic heterocycles. The first-order chi connectivity index (χ1) is 12.3. The average Bonchev–Trinajstić information content (AvgIpc) is 2.62. The fourth-order valence-electron chi connectivity index (χ4n) is 2.70. The number of ether oxygens (including phenoxy) is 2. The Hall–Kier alpha value is -1.97. The predicted octanol–water partition coefficient (Wildman–Crippen LogP) is 0.326. The van der Waals surface area contributed by atoms with Crippen molar-refractivity contribution in [3.63, 3.8) is 0 Å². The molecule has 26 heavy (non-hydrogen) atoms. The van der Waals surface area contributed by atoms with Gasteiger partial charge in [0.15, 0.2) is 6.61 Å². The van der Waals surface area contributed by atoms with Crippen LogP contribution in [0.4, 0.5) is 0 Å². The van der Waals surface area contributed by atoms with E-state index in [0.29, 0.717) is 10.5 Å². The quantitative estimate of drug-likeness (QED) is 0.656. The fraction of sp³-hybridized carbons (Fsp3) is 0.529. The fourth-order valence-corrected chi connectivity index (χ4v) is 4.43. The lowest BCUT2D eigenvalue weighted by atomic mass is 10.2. The first-order valence-electron chi connectivity index (χ1n) is 8.25. The number of carbonyl (C=O) groups excluding carboxylic acids is 2. The molecule has 1 heterocycles. The van der Waals surface area contributed by atoms with Gasteiger partial charge in [-0.2, -0.15) is 4.31 Å². The minimum Gasteiger partial charge on any atom is -0.454 e. The Morgan fingerprint density at radius 1 is 1.08 bits per heavy atom. The van der Waals surface area contributed by atoms with Crippen molar-refractivity contribution in [3.05, 3.63) is 29.3 Å². The van der Waals surface area contributed by atoms with Crippen molar-refractivity contribution < 1.29 is 27.5 Å². The van der Waals surface area contributed by atoms with Gasteiger partial charge in [0, 0.05) is 33.3 Å². The maximum absolute atomic E-state index is 12.9. The number of piperazine rings is 1. The summed E-state index contributed by atoms with van der Waals surface area (Å²) < 4.78 is 36.5.